The number of hydrogen-bond acceptors (Lipinski definition) is 1. The van der Waals surface area contributed by atoms with Gasteiger partial charge < -0.3 is 5.11 Å². The molecule has 5 heteroatoms. The average molecular weight is 399 g/mol. The maximum atomic E-state index is 11.7. The summed E-state index contributed by atoms with van der Waals surface area (Å²) >= 11 is 6.84. The highest BCUT2D eigenvalue weighted by atomic mass is 79.9. The van der Waals surface area contributed by atoms with Crippen LogP contribution >= 0.6 is 31.9 Å². The van der Waals surface area contributed by atoms with Gasteiger partial charge in [-0.1, -0.05) is 36.4 Å². The molecule has 3 nitrogen and oxygen atoms in total. The Labute approximate surface area is 134 Å². The van der Waals surface area contributed by atoms with Gasteiger partial charge in [0.15, 0.2) is 0 Å². The number of anilines is 1. The van der Waals surface area contributed by atoms with Crippen molar-refractivity contribution in [2.45, 2.75) is 13.0 Å². The van der Waals surface area contributed by atoms with E-state index in [1.165, 1.54) is 4.90 Å². The van der Waals surface area contributed by atoms with Gasteiger partial charge in [-0.05, 0) is 56.5 Å². The van der Waals surface area contributed by atoms with E-state index in [1.54, 1.807) is 0 Å². The minimum absolute atomic E-state index is 0.288. The summed E-state index contributed by atoms with van der Waals surface area (Å²) < 4.78 is 1.47. The largest absolute Gasteiger partial charge is 0.465 e. The number of carbonyl (C=O) groups is 1. The van der Waals surface area contributed by atoms with Gasteiger partial charge in [0.1, 0.15) is 0 Å². The molecule has 1 amide bonds. The molecule has 0 aliphatic carbocycles. The third-order valence-corrected chi connectivity index (χ3v) is 4.33. The molecular weight excluding hydrogens is 386 g/mol. The molecule has 2 aromatic rings. The zero-order valence-electron chi connectivity index (χ0n) is 10.8. The highest BCUT2D eigenvalue weighted by molar-refractivity contribution is 9.11. The summed E-state index contributed by atoms with van der Waals surface area (Å²) in [6.45, 7) is 1.87. The Morgan fingerprint density at radius 3 is 2.10 bits per heavy atom. The Kier molecular flexibility index (Phi) is 4.83. The molecule has 0 heterocycles. The fourth-order valence-corrected chi connectivity index (χ4v) is 3.44. The zero-order chi connectivity index (χ0) is 14.7. The van der Waals surface area contributed by atoms with E-state index in [4.69, 9.17) is 0 Å². The monoisotopic (exact) mass is 397 g/mol. The highest BCUT2D eigenvalue weighted by Crippen LogP contribution is 2.38. The van der Waals surface area contributed by atoms with Gasteiger partial charge in [-0.25, -0.2) is 4.79 Å². The van der Waals surface area contributed by atoms with Crippen LogP contribution in [0.2, 0.25) is 0 Å². The van der Waals surface area contributed by atoms with E-state index < -0.39 is 6.09 Å². The molecule has 0 radical (unpaired) electrons. The molecular formula is C15H13Br2NO2. The first-order valence-corrected chi connectivity index (χ1v) is 7.62. The number of carboxylic acid groups (broad SMARTS) is 1. The third-order valence-electron chi connectivity index (χ3n) is 3.05. The van der Waals surface area contributed by atoms with E-state index in [2.05, 4.69) is 31.9 Å². The van der Waals surface area contributed by atoms with Crippen molar-refractivity contribution in [2.75, 3.05) is 4.90 Å². The van der Waals surface area contributed by atoms with Crippen LogP contribution in [0.25, 0.3) is 0 Å². The lowest BCUT2D eigenvalue weighted by Crippen LogP contribution is -2.32. The van der Waals surface area contributed by atoms with Gasteiger partial charge in [0.05, 0.1) is 11.7 Å². The van der Waals surface area contributed by atoms with Crippen molar-refractivity contribution in [3.63, 3.8) is 0 Å². The highest BCUT2D eigenvalue weighted by Gasteiger charge is 2.26. The second kappa shape index (κ2) is 6.41. The second-order valence-electron chi connectivity index (χ2n) is 4.31. The molecule has 104 valence electrons. The van der Waals surface area contributed by atoms with Crippen LogP contribution in [0.1, 0.15) is 18.5 Å². The zero-order valence-corrected chi connectivity index (χ0v) is 13.9. The van der Waals surface area contributed by atoms with Crippen molar-refractivity contribution in [3.05, 3.63) is 63.0 Å². The molecule has 0 spiro atoms. The lowest BCUT2D eigenvalue weighted by Gasteiger charge is -2.28. The standard InChI is InChI=1S/C15H13Br2NO2/c1-10(11-6-3-2-4-7-11)18(15(19)20)14-12(16)8-5-9-13(14)17/h2-10H,1H3,(H,19,20). The predicted octanol–water partition coefficient (Wildman–Crippen LogP) is 5.46. The number of benzene rings is 2. The SMILES string of the molecule is CC(c1ccccc1)N(C(=O)O)c1c(Br)cccc1Br. The van der Waals surface area contributed by atoms with Gasteiger partial charge >= 0.3 is 6.09 Å². The van der Waals surface area contributed by atoms with Crippen molar-refractivity contribution in [2.24, 2.45) is 0 Å². The number of hydrogen-bond donors (Lipinski definition) is 1. The smallest absolute Gasteiger partial charge is 0.412 e. The Morgan fingerprint density at radius 1 is 1.05 bits per heavy atom. The molecule has 2 aromatic carbocycles. The number of halogens is 2. The first-order valence-electron chi connectivity index (χ1n) is 6.03. The Morgan fingerprint density at radius 2 is 1.60 bits per heavy atom. The maximum Gasteiger partial charge on any atom is 0.412 e. The fraction of sp³-hybridized carbons (Fsp3) is 0.133. The van der Waals surface area contributed by atoms with Crippen LogP contribution in [-0.4, -0.2) is 11.2 Å². The Hall–Kier alpha value is -1.33. The Balaban J connectivity index is 2.50. The van der Waals surface area contributed by atoms with Crippen molar-refractivity contribution >= 4 is 43.6 Å². The molecule has 0 saturated carbocycles. The summed E-state index contributed by atoms with van der Waals surface area (Å²) in [5.41, 5.74) is 1.55. The minimum atomic E-state index is -0.992. The summed E-state index contributed by atoms with van der Waals surface area (Å²) in [6, 6.07) is 14.8. The molecule has 0 aliphatic heterocycles. The lowest BCUT2D eigenvalue weighted by molar-refractivity contribution is 0.199. The summed E-state index contributed by atoms with van der Waals surface area (Å²) in [5, 5.41) is 9.59. The summed E-state index contributed by atoms with van der Waals surface area (Å²) in [4.78, 5) is 13.1. The van der Waals surface area contributed by atoms with Crippen LogP contribution in [-0.2, 0) is 0 Å². The summed E-state index contributed by atoms with van der Waals surface area (Å²) in [5.74, 6) is 0. The quantitative estimate of drug-likeness (QED) is 0.745. The second-order valence-corrected chi connectivity index (χ2v) is 6.02. The number of rotatable bonds is 3. The van der Waals surface area contributed by atoms with Crippen molar-refractivity contribution in [1.82, 2.24) is 0 Å². The number of nitrogens with zero attached hydrogens (tertiary/aromatic N) is 1. The average Bonchev–Trinajstić information content (AvgIpc) is 2.43. The number of para-hydroxylation sites is 1. The molecule has 1 unspecified atom stereocenters. The molecule has 0 saturated heterocycles. The first kappa shape index (κ1) is 15.1. The lowest BCUT2D eigenvalue weighted by atomic mass is 10.1. The van der Waals surface area contributed by atoms with E-state index >= 15 is 0 Å². The van der Waals surface area contributed by atoms with Crippen molar-refractivity contribution < 1.29 is 9.90 Å². The topological polar surface area (TPSA) is 40.5 Å². The van der Waals surface area contributed by atoms with Gasteiger partial charge in [0, 0.05) is 8.95 Å². The molecule has 0 aliphatic rings. The molecule has 0 bridgehead atoms. The van der Waals surface area contributed by atoms with Gasteiger partial charge in [0.25, 0.3) is 0 Å². The van der Waals surface area contributed by atoms with Crippen molar-refractivity contribution in [1.29, 1.82) is 0 Å². The van der Waals surface area contributed by atoms with Crippen LogP contribution in [0.3, 0.4) is 0 Å². The van der Waals surface area contributed by atoms with Gasteiger partial charge in [0.2, 0.25) is 0 Å². The van der Waals surface area contributed by atoms with E-state index in [-0.39, 0.29) is 6.04 Å². The van der Waals surface area contributed by atoms with Gasteiger partial charge in [-0.3, -0.25) is 4.90 Å². The molecule has 20 heavy (non-hydrogen) atoms. The molecule has 2 rings (SSSR count). The minimum Gasteiger partial charge on any atom is -0.465 e. The maximum absolute atomic E-state index is 11.7. The molecule has 1 atom stereocenters. The number of amides is 1. The normalized spacial score (nSPS) is 11.9. The van der Waals surface area contributed by atoms with E-state index in [0.717, 1.165) is 14.5 Å². The van der Waals surface area contributed by atoms with E-state index in [1.807, 2.05) is 55.5 Å². The van der Waals surface area contributed by atoms with Crippen molar-refractivity contribution in [3.8, 4) is 0 Å². The van der Waals surface area contributed by atoms with E-state index in [0.29, 0.717) is 5.69 Å². The Bertz CT molecular complexity index is 596. The summed E-state index contributed by atoms with van der Waals surface area (Å²) in [7, 11) is 0. The predicted molar refractivity (Wildman–Crippen MR) is 87.2 cm³/mol. The van der Waals surface area contributed by atoms with Gasteiger partial charge in [-0.15, -0.1) is 0 Å². The van der Waals surface area contributed by atoms with Gasteiger partial charge in [-0.2, -0.15) is 0 Å². The molecule has 0 aromatic heterocycles. The first-order chi connectivity index (χ1) is 9.52. The third kappa shape index (κ3) is 3.04. The van der Waals surface area contributed by atoms with Crippen LogP contribution in [0.4, 0.5) is 10.5 Å². The van der Waals surface area contributed by atoms with E-state index in [9.17, 15) is 9.90 Å². The fourth-order valence-electron chi connectivity index (χ4n) is 2.05. The van der Waals surface area contributed by atoms with Crippen LogP contribution in [0, 0.1) is 0 Å². The van der Waals surface area contributed by atoms with Crippen LogP contribution < -0.4 is 4.90 Å². The summed E-state index contributed by atoms with van der Waals surface area (Å²) in [6.07, 6.45) is -0.992. The van der Waals surface area contributed by atoms with Crippen LogP contribution in [0.5, 0.6) is 0 Å². The molecule has 0 fully saturated rings. The van der Waals surface area contributed by atoms with Crippen LogP contribution in [0.15, 0.2) is 57.5 Å². The molecule has 1 N–H and O–H groups in total.